The van der Waals surface area contributed by atoms with E-state index in [1.165, 1.54) is 6.26 Å². The van der Waals surface area contributed by atoms with E-state index in [9.17, 15) is 4.79 Å². The third-order valence-electron chi connectivity index (χ3n) is 2.29. The molecule has 1 aromatic heterocycles. The maximum Gasteiger partial charge on any atom is 0.202 e. The lowest BCUT2D eigenvalue weighted by Crippen LogP contribution is -2.01. The first kappa shape index (κ1) is 8.05. The summed E-state index contributed by atoms with van der Waals surface area (Å²) in [5, 5.41) is 0. The molecule has 2 atom stereocenters. The highest BCUT2D eigenvalue weighted by atomic mass is 79.9. The van der Waals surface area contributed by atoms with Crippen molar-refractivity contribution in [2.24, 2.45) is 11.8 Å². The van der Waals surface area contributed by atoms with Gasteiger partial charge in [0.05, 0.1) is 10.7 Å². The van der Waals surface area contributed by atoms with Gasteiger partial charge in [0.2, 0.25) is 5.78 Å². The van der Waals surface area contributed by atoms with E-state index in [0.717, 1.165) is 10.9 Å². The minimum atomic E-state index is 0.138. The van der Waals surface area contributed by atoms with Gasteiger partial charge in [-0.3, -0.25) is 4.79 Å². The SMILES string of the molecule is CC1CC1C(=O)c1occc1Br. The maximum absolute atomic E-state index is 11.6. The molecule has 0 N–H and O–H groups in total. The average molecular weight is 229 g/mol. The number of ketones is 1. The molecule has 2 unspecified atom stereocenters. The predicted molar refractivity (Wildman–Crippen MR) is 48.0 cm³/mol. The van der Waals surface area contributed by atoms with Crippen molar-refractivity contribution in [1.29, 1.82) is 0 Å². The Balaban J connectivity index is 2.20. The van der Waals surface area contributed by atoms with Crippen LogP contribution in [0.2, 0.25) is 0 Å². The predicted octanol–water partition coefficient (Wildman–Crippen LogP) is 2.88. The minimum Gasteiger partial charge on any atom is -0.460 e. The highest BCUT2D eigenvalue weighted by Crippen LogP contribution is 2.41. The summed E-state index contributed by atoms with van der Waals surface area (Å²) in [6.07, 6.45) is 2.54. The zero-order valence-electron chi connectivity index (χ0n) is 6.71. The molecule has 0 radical (unpaired) electrons. The van der Waals surface area contributed by atoms with Gasteiger partial charge in [-0.05, 0) is 34.3 Å². The lowest BCUT2D eigenvalue weighted by Gasteiger charge is -1.93. The second-order valence-electron chi connectivity index (χ2n) is 3.28. The highest BCUT2D eigenvalue weighted by molar-refractivity contribution is 9.10. The van der Waals surface area contributed by atoms with Gasteiger partial charge in [0, 0.05) is 5.92 Å². The van der Waals surface area contributed by atoms with Crippen LogP contribution in [0.5, 0.6) is 0 Å². The summed E-state index contributed by atoms with van der Waals surface area (Å²) in [4.78, 5) is 11.6. The third kappa shape index (κ3) is 1.22. The Hall–Kier alpha value is -0.570. The molecule has 0 spiro atoms. The van der Waals surface area contributed by atoms with Crippen molar-refractivity contribution < 1.29 is 9.21 Å². The molecular formula is C9H9BrO2. The lowest BCUT2D eigenvalue weighted by molar-refractivity contribution is 0.0934. The molecule has 64 valence electrons. The van der Waals surface area contributed by atoms with E-state index in [2.05, 4.69) is 22.9 Å². The van der Waals surface area contributed by atoms with E-state index in [1.54, 1.807) is 6.07 Å². The van der Waals surface area contributed by atoms with Gasteiger partial charge in [0.1, 0.15) is 0 Å². The molecule has 1 aliphatic carbocycles. The molecular weight excluding hydrogens is 220 g/mol. The topological polar surface area (TPSA) is 30.2 Å². The standard InChI is InChI=1S/C9H9BrO2/c1-5-4-6(5)8(11)9-7(10)2-3-12-9/h2-3,5-6H,4H2,1H3. The van der Waals surface area contributed by atoms with Gasteiger partial charge in [-0.15, -0.1) is 0 Å². The van der Waals surface area contributed by atoms with Crippen molar-refractivity contribution in [1.82, 2.24) is 0 Å². The summed E-state index contributed by atoms with van der Waals surface area (Å²) in [5.74, 6) is 1.35. The van der Waals surface area contributed by atoms with Crippen molar-refractivity contribution in [3.63, 3.8) is 0 Å². The van der Waals surface area contributed by atoms with Gasteiger partial charge < -0.3 is 4.42 Å². The van der Waals surface area contributed by atoms with Gasteiger partial charge in [-0.25, -0.2) is 0 Å². The van der Waals surface area contributed by atoms with E-state index < -0.39 is 0 Å². The first-order chi connectivity index (χ1) is 5.70. The summed E-state index contributed by atoms with van der Waals surface area (Å²) in [6.45, 7) is 2.08. The Kier molecular flexibility index (Phi) is 1.83. The van der Waals surface area contributed by atoms with Crippen LogP contribution >= 0.6 is 15.9 Å². The van der Waals surface area contributed by atoms with Crippen LogP contribution in [0.3, 0.4) is 0 Å². The van der Waals surface area contributed by atoms with E-state index in [1.807, 2.05) is 0 Å². The molecule has 3 heteroatoms. The number of hydrogen-bond donors (Lipinski definition) is 0. The summed E-state index contributed by atoms with van der Waals surface area (Å²) >= 11 is 3.27. The second kappa shape index (κ2) is 2.73. The molecule has 1 heterocycles. The van der Waals surface area contributed by atoms with E-state index >= 15 is 0 Å². The molecule has 0 amide bonds. The fourth-order valence-electron chi connectivity index (χ4n) is 1.33. The number of Topliss-reactive ketones (excluding diaryl/α,β-unsaturated/α-hetero) is 1. The number of carbonyl (C=O) groups is 1. The van der Waals surface area contributed by atoms with Crippen molar-refractivity contribution in [2.75, 3.05) is 0 Å². The summed E-state index contributed by atoms with van der Waals surface area (Å²) < 4.78 is 5.85. The van der Waals surface area contributed by atoms with Crippen LogP contribution in [-0.4, -0.2) is 5.78 Å². The highest BCUT2D eigenvalue weighted by Gasteiger charge is 2.41. The monoisotopic (exact) mass is 228 g/mol. The maximum atomic E-state index is 11.6. The summed E-state index contributed by atoms with van der Waals surface area (Å²) in [5.41, 5.74) is 0. The molecule has 0 bridgehead atoms. The Labute approximate surface area is 79.1 Å². The molecule has 1 aromatic rings. The fraction of sp³-hybridized carbons (Fsp3) is 0.444. The summed E-state index contributed by atoms with van der Waals surface area (Å²) in [6, 6.07) is 1.75. The van der Waals surface area contributed by atoms with Crippen LogP contribution in [0.4, 0.5) is 0 Å². The molecule has 2 rings (SSSR count). The Bertz CT molecular complexity index is 316. The van der Waals surface area contributed by atoms with Crippen molar-refractivity contribution >= 4 is 21.7 Å². The fourth-order valence-corrected chi connectivity index (χ4v) is 1.72. The van der Waals surface area contributed by atoms with Gasteiger partial charge in [-0.1, -0.05) is 6.92 Å². The second-order valence-corrected chi connectivity index (χ2v) is 4.14. The van der Waals surface area contributed by atoms with Crippen molar-refractivity contribution in [3.8, 4) is 0 Å². The molecule has 2 nitrogen and oxygen atoms in total. The van der Waals surface area contributed by atoms with Crippen LogP contribution in [0.25, 0.3) is 0 Å². The van der Waals surface area contributed by atoms with Gasteiger partial charge >= 0.3 is 0 Å². The van der Waals surface area contributed by atoms with Crippen molar-refractivity contribution in [3.05, 3.63) is 22.6 Å². The molecule has 0 aromatic carbocycles. The normalized spacial score (nSPS) is 27.2. The number of furan rings is 1. The zero-order chi connectivity index (χ0) is 8.72. The first-order valence-corrected chi connectivity index (χ1v) is 4.76. The Morgan fingerprint density at radius 1 is 1.75 bits per heavy atom. The smallest absolute Gasteiger partial charge is 0.202 e. The largest absolute Gasteiger partial charge is 0.460 e. The zero-order valence-corrected chi connectivity index (χ0v) is 8.30. The molecule has 1 aliphatic rings. The van der Waals surface area contributed by atoms with Crippen LogP contribution in [0, 0.1) is 11.8 Å². The number of hydrogen-bond acceptors (Lipinski definition) is 2. The molecule has 12 heavy (non-hydrogen) atoms. The summed E-state index contributed by atoms with van der Waals surface area (Å²) in [7, 11) is 0. The first-order valence-electron chi connectivity index (χ1n) is 3.97. The van der Waals surface area contributed by atoms with Crippen LogP contribution < -0.4 is 0 Å². The number of rotatable bonds is 2. The quantitative estimate of drug-likeness (QED) is 0.730. The number of carbonyl (C=O) groups excluding carboxylic acids is 1. The van der Waals surface area contributed by atoms with Crippen LogP contribution in [0.1, 0.15) is 23.9 Å². The van der Waals surface area contributed by atoms with Gasteiger partial charge in [0.15, 0.2) is 5.76 Å². The molecule has 1 fully saturated rings. The third-order valence-corrected chi connectivity index (χ3v) is 2.91. The van der Waals surface area contributed by atoms with Gasteiger partial charge in [0.25, 0.3) is 0 Å². The molecule has 1 saturated carbocycles. The molecule has 0 aliphatic heterocycles. The van der Waals surface area contributed by atoms with E-state index in [-0.39, 0.29) is 11.7 Å². The van der Waals surface area contributed by atoms with Crippen molar-refractivity contribution in [2.45, 2.75) is 13.3 Å². The van der Waals surface area contributed by atoms with Crippen LogP contribution in [0.15, 0.2) is 21.2 Å². The lowest BCUT2D eigenvalue weighted by atomic mass is 10.2. The average Bonchev–Trinajstić information content (AvgIpc) is 2.59. The minimum absolute atomic E-state index is 0.138. The van der Waals surface area contributed by atoms with Crippen LogP contribution in [-0.2, 0) is 0 Å². The Morgan fingerprint density at radius 3 is 2.83 bits per heavy atom. The number of halogens is 1. The van der Waals surface area contributed by atoms with Gasteiger partial charge in [-0.2, -0.15) is 0 Å². The van der Waals surface area contributed by atoms with E-state index in [4.69, 9.17) is 4.42 Å². The molecule has 0 saturated heterocycles. The van der Waals surface area contributed by atoms with E-state index in [0.29, 0.717) is 11.7 Å². The Morgan fingerprint density at radius 2 is 2.42 bits per heavy atom.